The minimum atomic E-state index is -0.488. The number of hydrogen-bond acceptors (Lipinski definition) is 3. The van der Waals surface area contributed by atoms with Crippen molar-refractivity contribution in [3.63, 3.8) is 0 Å². The molecule has 0 saturated heterocycles. The van der Waals surface area contributed by atoms with Gasteiger partial charge >= 0.3 is 0 Å². The maximum absolute atomic E-state index is 13.4. The van der Waals surface area contributed by atoms with E-state index >= 15 is 0 Å². The van der Waals surface area contributed by atoms with Crippen LogP contribution in [0.1, 0.15) is 25.3 Å². The summed E-state index contributed by atoms with van der Waals surface area (Å²) >= 11 is 11.7. The Morgan fingerprint density at radius 2 is 1.95 bits per heavy atom. The second kappa shape index (κ2) is 5.72. The highest BCUT2D eigenvalue weighted by molar-refractivity contribution is 6.31. The van der Waals surface area contributed by atoms with Crippen LogP contribution in [0.25, 0.3) is 0 Å². The normalized spacial score (nSPS) is 10.8. The van der Waals surface area contributed by atoms with Crippen LogP contribution in [0.3, 0.4) is 0 Å². The van der Waals surface area contributed by atoms with Crippen molar-refractivity contribution in [1.29, 1.82) is 0 Å². The minimum Gasteiger partial charge on any atom is -0.340 e. The molecule has 0 saturated carbocycles. The first kappa shape index (κ1) is 14.0. The molecule has 1 heterocycles. The van der Waals surface area contributed by atoms with E-state index in [1.165, 1.54) is 18.5 Å². The average Bonchev–Trinajstić information content (AvgIpc) is 2.33. The molecule has 0 bridgehead atoms. The summed E-state index contributed by atoms with van der Waals surface area (Å²) in [5.41, 5.74) is 1.35. The van der Waals surface area contributed by atoms with Gasteiger partial charge in [-0.1, -0.05) is 37.0 Å². The highest BCUT2D eigenvalue weighted by Gasteiger charge is 2.14. The fourth-order valence-electron chi connectivity index (χ4n) is 1.70. The number of nitrogens with zero attached hydrogens (tertiary/aromatic N) is 2. The molecule has 2 rings (SSSR count). The largest absolute Gasteiger partial charge is 0.340 e. The van der Waals surface area contributed by atoms with Crippen LogP contribution in [-0.4, -0.2) is 9.97 Å². The van der Waals surface area contributed by atoms with Gasteiger partial charge in [0.05, 0.1) is 5.02 Å². The summed E-state index contributed by atoms with van der Waals surface area (Å²) in [5, 5.41) is 3.50. The van der Waals surface area contributed by atoms with Crippen molar-refractivity contribution in [3.8, 4) is 0 Å². The summed E-state index contributed by atoms with van der Waals surface area (Å²) in [6, 6.07) is 4.46. The molecule has 1 aromatic heterocycles. The molecule has 19 heavy (non-hydrogen) atoms. The van der Waals surface area contributed by atoms with E-state index in [4.69, 9.17) is 23.2 Å². The predicted molar refractivity (Wildman–Crippen MR) is 75.8 cm³/mol. The second-order valence-electron chi connectivity index (χ2n) is 4.34. The molecular formula is C13H12Cl2FN3. The molecule has 0 aliphatic carbocycles. The smallest absolute Gasteiger partial charge is 0.143 e. The van der Waals surface area contributed by atoms with Crippen LogP contribution in [0.5, 0.6) is 0 Å². The molecule has 0 radical (unpaired) electrons. The molecule has 0 amide bonds. The molecule has 100 valence electrons. The summed E-state index contributed by atoms with van der Waals surface area (Å²) < 4.78 is 13.4. The zero-order chi connectivity index (χ0) is 14.0. The van der Waals surface area contributed by atoms with Crippen molar-refractivity contribution in [2.45, 2.75) is 19.8 Å². The number of aromatic nitrogens is 2. The lowest BCUT2D eigenvalue weighted by atomic mass is 10.1. The van der Waals surface area contributed by atoms with Gasteiger partial charge in [0, 0.05) is 11.3 Å². The van der Waals surface area contributed by atoms with E-state index in [0.717, 1.165) is 5.56 Å². The predicted octanol–water partition coefficient (Wildman–Crippen LogP) is 4.79. The van der Waals surface area contributed by atoms with Crippen molar-refractivity contribution in [2.75, 3.05) is 5.32 Å². The van der Waals surface area contributed by atoms with Crippen molar-refractivity contribution >= 4 is 34.7 Å². The third-order valence-corrected chi connectivity index (χ3v) is 3.20. The average molecular weight is 300 g/mol. The van der Waals surface area contributed by atoms with Crippen molar-refractivity contribution in [2.24, 2.45) is 0 Å². The van der Waals surface area contributed by atoms with Crippen LogP contribution in [0, 0.1) is 5.82 Å². The minimum absolute atomic E-state index is 0.0790. The molecule has 1 aromatic carbocycles. The molecule has 6 heteroatoms. The van der Waals surface area contributed by atoms with Crippen LogP contribution in [0.15, 0.2) is 24.5 Å². The standard InChI is InChI=1S/C13H12Cl2FN3/c1-7(2)11-12(15)17-6-18-13(11)19-8-3-4-9(14)10(16)5-8/h3-7H,1-2H3,(H,17,18,19). The van der Waals surface area contributed by atoms with Gasteiger partial charge in [-0.3, -0.25) is 0 Å². The molecule has 0 fully saturated rings. The van der Waals surface area contributed by atoms with Crippen LogP contribution in [0.2, 0.25) is 10.2 Å². The molecule has 0 aliphatic rings. The second-order valence-corrected chi connectivity index (χ2v) is 5.10. The fourth-order valence-corrected chi connectivity index (χ4v) is 2.16. The molecule has 2 aromatic rings. The van der Waals surface area contributed by atoms with E-state index in [9.17, 15) is 4.39 Å². The lowest BCUT2D eigenvalue weighted by molar-refractivity contribution is 0.629. The van der Waals surface area contributed by atoms with E-state index in [1.54, 1.807) is 6.07 Å². The van der Waals surface area contributed by atoms with Gasteiger partial charge in [-0.15, -0.1) is 0 Å². The van der Waals surface area contributed by atoms with Crippen molar-refractivity contribution in [1.82, 2.24) is 9.97 Å². The zero-order valence-corrected chi connectivity index (χ0v) is 11.9. The highest BCUT2D eigenvalue weighted by atomic mass is 35.5. The van der Waals surface area contributed by atoms with Gasteiger partial charge in [0.2, 0.25) is 0 Å². The Kier molecular flexibility index (Phi) is 4.22. The van der Waals surface area contributed by atoms with Gasteiger partial charge < -0.3 is 5.32 Å². The number of nitrogens with one attached hydrogen (secondary N) is 1. The summed E-state index contributed by atoms with van der Waals surface area (Å²) in [5.74, 6) is 0.225. The molecule has 0 spiro atoms. The van der Waals surface area contributed by atoms with Crippen molar-refractivity contribution < 1.29 is 4.39 Å². The van der Waals surface area contributed by atoms with Crippen LogP contribution in [-0.2, 0) is 0 Å². The summed E-state index contributed by atoms with van der Waals surface area (Å²) in [7, 11) is 0. The Morgan fingerprint density at radius 1 is 1.21 bits per heavy atom. The SMILES string of the molecule is CC(C)c1c(Cl)ncnc1Nc1ccc(Cl)c(F)c1. The quantitative estimate of drug-likeness (QED) is 0.828. The third kappa shape index (κ3) is 3.14. The maximum Gasteiger partial charge on any atom is 0.143 e. The number of anilines is 2. The molecule has 0 aliphatic heterocycles. The Hall–Kier alpha value is -1.39. The Bertz CT molecular complexity index is 602. The number of hydrogen-bond donors (Lipinski definition) is 1. The monoisotopic (exact) mass is 299 g/mol. The Morgan fingerprint density at radius 3 is 2.58 bits per heavy atom. The highest BCUT2D eigenvalue weighted by Crippen LogP contribution is 2.30. The van der Waals surface area contributed by atoms with E-state index in [2.05, 4.69) is 15.3 Å². The number of rotatable bonds is 3. The third-order valence-electron chi connectivity index (χ3n) is 2.59. The summed E-state index contributed by atoms with van der Waals surface area (Å²) in [6.07, 6.45) is 1.36. The van der Waals surface area contributed by atoms with Crippen LogP contribution < -0.4 is 5.32 Å². The van der Waals surface area contributed by atoms with Gasteiger partial charge in [-0.25, -0.2) is 14.4 Å². The molecule has 1 N–H and O–H groups in total. The zero-order valence-electron chi connectivity index (χ0n) is 10.4. The Balaban J connectivity index is 2.38. The lowest BCUT2D eigenvalue weighted by Crippen LogP contribution is -2.03. The van der Waals surface area contributed by atoms with E-state index in [1.807, 2.05) is 13.8 Å². The first-order valence-corrected chi connectivity index (χ1v) is 6.47. The molecule has 0 unspecified atom stereocenters. The van der Waals surface area contributed by atoms with Crippen LogP contribution >= 0.6 is 23.2 Å². The number of halogens is 3. The summed E-state index contributed by atoms with van der Waals surface area (Å²) in [4.78, 5) is 8.10. The topological polar surface area (TPSA) is 37.8 Å². The van der Waals surface area contributed by atoms with Gasteiger partial charge in [0.25, 0.3) is 0 Å². The Labute approximate surface area is 120 Å². The lowest BCUT2D eigenvalue weighted by Gasteiger charge is -2.14. The van der Waals surface area contributed by atoms with Gasteiger partial charge in [0.1, 0.15) is 23.1 Å². The fraction of sp³-hybridized carbons (Fsp3) is 0.231. The van der Waals surface area contributed by atoms with Crippen molar-refractivity contribution in [3.05, 3.63) is 46.1 Å². The van der Waals surface area contributed by atoms with Gasteiger partial charge in [-0.2, -0.15) is 0 Å². The first-order chi connectivity index (χ1) is 8.99. The first-order valence-electron chi connectivity index (χ1n) is 5.71. The van der Waals surface area contributed by atoms with Gasteiger partial charge in [0.15, 0.2) is 0 Å². The number of benzene rings is 1. The molecule has 0 atom stereocenters. The van der Waals surface area contributed by atoms with Gasteiger partial charge in [-0.05, 0) is 24.1 Å². The van der Waals surface area contributed by atoms with E-state index < -0.39 is 5.82 Å². The maximum atomic E-state index is 13.4. The summed E-state index contributed by atoms with van der Waals surface area (Å²) in [6.45, 7) is 3.97. The molecule has 3 nitrogen and oxygen atoms in total. The molecular weight excluding hydrogens is 288 g/mol. The van der Waals surface area contributed by atoms with Crippen LogP contribution in [0.4, 0.5) is 15.9 Å². The van der Waals surface area contributed by atoms with E-state index in [0.29, 0.717) is 16.7 Å². The van der Waals surface area contributed by atoms with E-state index in [-0.39, 0.29) is 10.9 Å².